The van der Waals surface area contributed by atoms with E-state index in [1.165, 1.54) is 5.56 Å². The number of carbonyl (C=O) groups excluding carboxylic acids is 1. The van der Waals surface area contributed by atoms with Crippen molar-refractivity contribution in [1.29, 1.82) is 0 Å². The van der Waals surface area contributed by atoms with E-state index in [0.29, 0.717) is 0 Å². The second kappa shape index (κ2) is 5.54. The molecule has 0 spiro atoms. The van der Waals surface area contributed by atoms with Gasteiger partial charge in [0.25, 0.3) is 0 Å². The number of rotatable bonds is 5. The van der Waals surface area contributed by atoms with E-state index in [-0.39, 0.29) is 5.92 Å². The number of ether oxygens (including phenoxy) is 1. The number of hydrogen-bond donors (Lipinski definition) is 0. The van der Waals surface area contributed by atoms with Crippen molar-refractivity contribution in [2.24, 2.45) is 5.92 Å². The monoisotopic (exact) mass is 206 g/mol. The summed E-state index contributed by atoms with van der Waals surface area (Å²) >= 11 is 0. The fourth-order valence-corrected chi connectivity index (χ4v) is 1.64. The normalized spacial score (nSPS) is 12.2. The van der Waals surface area contributed by atoms with Crippen molar-refractivity contribution in [3.05, 3.63) is 29.3 Å². The van der Waals surface area contributed by atoms with Gasteiger partial charge in [0.2, 0.25) is 0 Å². The molecule has 0 radical (unpaired) electrons. The third-order valence-electron chi connectivity index (χ3n) is 2.63. The fourth-order valence-electron chi connectivity index (χ4n) is 1.64. The average Bonchev–Trinajstić information content (AvgIpc) is 2.26. The zero-order valence-corrected chi connectivity index (χ0v) is 9.62. The van der Waals surface area contributed by atoms with Crippen LogP contribution in [-0.4, -0.2) is 13.4 Å². The third-order valence-corrected chi connectivity index (χ3v) is 2.63. The molecule has 1 unspecified atom stereocenters. The largest absolute Gasteiger partial charge is 0.496 e. The van der Waals surface area contributed by atoms with E-state index in [9.17, 15) is 4.79 Å². The van der Waals surface area contributed by atoms with Crippen LogP contribution < -0.4 is 4.74 Å². The number of benzene rings is 1. The molecule has 0 N–H and O–H groups in total. The smallest absolute Gasteiger partial charge is 0.123 e. The molecule has 0 aliphatic rings. The highest BCUT2D eigenvalue weighted by atomic mass is 16.5. The summed E-state index contributed by atoms with van der Waals surface area (Å²) in [6, 6.07) is 6.07. The molecule has 0 saturated heterocycles. The van der Waals surface area contributed by atoms with E-state index in [1.54, 1.807) is 7.11 Å². The molecule has 82 valence electrons. The van der Waals surface area contributed by atoms with Gasteiger partial charge in [-0.3, -0.25) is 0 Å². The summed E-state index contributed by atoms with van der Waals surface area (Å²) in [7, 11) is 1.66. The van der Waals surface area contributed by atoms with Crippen molar-refractivity contribution in [3.63, 3.8) is 0 Å². The van der Waals surface area contributed by atoms with Crippen LogP contribution in [-0.2, 0) is 11.2 Å². The molecule has 1 rings (SSSR count). The molecule has 0 aromatic heterocycles. The van der Waals surface area contributed by atoms with Gasteiger partial charge in [-0.25, -0.2) is 0 Å². The highest BCUT2D eigenvalue weighted by molar-refractivity contribution is 5.55. The number of methoxy groups -OCH3 is 1. The highest BCUT2D eigenvalue weighted by Crippen LogP contribution is 2.23. The quantitative estimate of drug-likeness (QED) is 0.692. The zero-order chi connectivity index (χ0) is 11.3. The molecular formula is C13H18O2. The Morgan fingerprint density at radius 1 is 1.47 bits per heavy atom. The van der Waals surface area contributed by atoms with Crippen LogP contribution in [0.2, 0.25) is 0 Å². The molecule has 0 saturated carbocycles. The summed E-state index contributed by atoms with van der Waals surface area (Å²) in [4.78, 5) is 10.8. The average molecular weight is 206 g/mol. The first kappa shape index (κ1) is 11.8. The number of carbonyl (C=O) groups is 1. The summed E-state index contributed by atoms with van der Waals surface area (Å²) < 4.78 is 5.27. The maximum absolute atomic E-state index is 10.8. The summed E-state index contributed by atoms with van der Waals surface area (Å²) in [6.45, 7) is 4.08. The number of aryl methyl sites for hydroxylation is 1. The predicted octanol–water partition coefficient (Wildman–Crippen LogP) is 2.77. The van der Waals surface area contributed by atoms with Crippen molar-refractivity contribution in [1.82, 2.24) is 0 Å². The Bertz CT molecular complexity index is 331. The van der Waals surface area contributed by atoms with Crippen LogP contribution in [0.25, 0.3) is 0 Å². The van der Waals surface area contributed by atoms with Crippen LogP contribution >= 0.6 is 0 Å². The van der Waals surface area contributed by atoms with E-state index in [0.717, 1.165) is 30.4 Å². The molecule has 0 heterocycles. The van der Waals surface area contributed by atoms with Gasteiger partial charge in [0, 0.05) is 5.92 Å². The first-order valence-electron chi connectivity index (χ1n) is 5.30. The van der Waals surface area contributed by atoms with Gasteiger partial charge in [0.1, 0.15) is 12.0 Å². The lowest BCUT2D eigenvalue weighted by Crippen LogP contribution is -2.06. The molecule has 1 aromatic rings. The second-order valence-electron chi connectivity index (χ2n) is 3.82. The summed E-state index contributed by atoms with van der Waals surface area (Å²) in [5, 5.41) is 0. The molecule has 2 nitrogen and oxygen atoms in total. The van der Waals surface area contributed by atoms with Crippen molar-refractivity contribution in [3.8, 4) is 5.75 Å². The van der Waals surface area contributed by atoms with Gasteiger partial charge in [-0.05, 0) is 31.4 Å². The van der Waals surface area contributed by atoms with Crippen LogP contribution in [0.5, 0.6) is 5.75 Å². The molecule has 0 bridgehead atoms. The van der Waals surface area contributed by atoms with Gasteiger partial charge in [0.15, 0.2) is 0 Å². The lowest BCUT2D eigenvalue weighted by molar-refractivity contribution is -0.111. The van der Waals surface area contributed by atoms with Gasteiger partial charge in [0.05, 0.1) is 7.11 Å². The molecule has 0 aliphatic carbocycles. The maximum atomic E-state index is 10.8. The Morgan fingerprint density at radius 3 is 2.73 bits per heavy atom. The maximum Gasteiger partial charge on any atom is 0.123 e. The fraction of sp³-hybridized carbons (Fsp3) is 0.462. The van der Waals surface area contributed by atoms with Crippen molar-refractivity contribution in [2.45, 2.75) is 26.7 Å². The van der Waals surface area contributed by atoms with Crippen LogP contribution in [0.4, 0.5) is 0 Å². The minimum absolute atomic E-state index is 0.0979. The Hall–Kier alpha value is -1.31. The van der Waals surface area contributed by atoms with Crippen LogP contribution in [0, 0.1) is 12.8 Å². The summed E-state index contributed by atoms with van der Waals surface area (Å²) in [6.07, 6.45) is 2.67. The summed E-state index contributed by atoms with van der Waals surface area (Å²) in [5.41, 5.74) is 2.32. The minimum Gasteiger partial charge on any atom is -0.496 e. The molecule has 15 heavy (non-hydrogen) atoms. The van der Waals surface area contributed by atoms with Crippen molar-refractivity contribution < 1.29 is 9.53 Å². The van der Waals surface area contributed by atoms with Crippen LogP contribution in [0.1, 0.15) is 24.5 Å². The molecule has 0 fully saturated rings. The lowest BCUT2D eigenvalue weighted by Gasteiger charge is -2.12. The third kappa shape index (κ3) is 3.08. The van der Waals surface area contributed by atoms with Crippen LogP contribution in [0.15, 0.2) is 18.2 Å². The van der Waals surface area contributed by atoms with E-state index in [1.807, 2.05) is 26.0 Å². The zero-order valence-electron chi connectivity index (χ0n) is 9.62. The molecular weight excluding hydrogens is 188 g/mol. The topological polar surface area (TPSA) is 26.3 Å². The van der Waals surface area contributed by atoms with Gasteiger partial charge >= 0.3 is 0 Å². The second-order valence-corrected chi connectivity index (χ2v) is 3.82. The lowest BCUT2D eigenvalue weighted by atomic mass is 9.96. The first-order valence-corrected chi connectivity index (χ1v) is 5.30. The Balaban J connectivity index is 2.90. The SMILES string of the molecule is CCC(C=O)Cc1cc(C)ccc1OC. The molecule has 1 aromatic carbocycles. The highest BCUT2D eigenvalue weighted by Gasteiger charge is 2.10. The predicted molar refractivity (Wildman–Crippen MR) is 61.3 cm³/mol. The van der Waals surface area contributed by atoms with Crippen LogP contribution in [0.3, 0.4) is 0 Å². The molecule has 1 atom stereocenters. The van der Waals surface area contributed by atoms with E-state index in [4.69, 9.17) is 4.74 Å². The van der Waals surface area contributed by atoms with Gasteiger partial charge < -0.3 is 9.53 Å². The Labute approximate surface area is 91.3 Å². The molecule has 0 aliphatic heterocycles. The first-order chi connectivity index (χ1) is 7.21. The Morgan fingerprint density at radius 2 is 2.20 bits per heavy atom. The van der Waals surface area contributed by atoms with Gasteiger partial charge in [-0.2, -0.15) is 0 Å². The number of aldehydes is 1. The van der Waals surface area contributed by atoms with Gasteiger partial charge in [-0.15, -0.1) is 0 Å². The van der Waals surface area contributed by atoms with Crippen molar-refractivity contribution in [2.75, 3.05) is 7.11 Å². The minimum atomic E-state index is 0.0979. The van der Waals surface area contributed by atoms with E-state index in [2.05, 4.69) is 6.07 Å². The Kier molecular flexibility index (Phi) is 4.35. The van der Waals surface area contributed by atoms with Gasteiger partial charge in [-0.1, -0.05) is 24.6 Å². The van der Waals surface area contributed by atoms with E-state index >= 15 is 0 Å². The molecule has 0 amide bonds. The van der Waals surface area contributed by atoms with E-state index < -0.39 is 0 Å². The molecule has 2 heteroatoms. The standard InChI is InChI=1S/C13H18O2/c1-4-11(9-14)8-12-7-10(2)5-6-13(12)15-3/h5-7,9,11H,4,8H2,1-3H3. The number of hydrogen-bond acceptors (Lipinski definition) is 2. The summed E-state index contributed by atoms with van der Waals surface area (Å²) in [5.74, 6) is 0.974. The van der Waals surface area contributed by atoms with Crippen molar-refractivity contribution >= 4 is 6.29 Å².